The van der Waals surface area contributed by atoms with Crippen LogP contribution in [0.3, 0.4) is 0 Å². The number of aromatic nitrogens is 3. The Morgan fingerprint density at radius 1 is 1.42 bits per heavy atom. The highest BCUT2D eigenvalue weighted by atomic mass is 79.9. The third-order valence-electron chi connectivity index (χ3n) is 3.22. The fraction of sp³-hybridized carbons (Fsp3) is 0.538. The Labute approximate surface area is 120 Å². The van der Waals surface area contributed by atoms with Crippen LogP contribution in [0.25, 0.3) is 11.2 Å². The first kappa shape index (κ1) is 13.0. The number of morpholine rings is 1. The molecule has 1 aliphatic rings. The molecule has 6 heteroatoms. The van der Waals surface area contributed by atoms with Crippen molar-refractivity contribution in [2.24, 2.45) is 0 Å². The van der Waals surface area contributed by atoms with Crippen molar-refractivity contribution in [3.63, 3.8) is 0 Å². The lowest BCUT2D eigenvalue weighted by Crippen LogP contribution is -2.44. The molecule has 0 aromatic carbocycles. The molecule has 0 spiro atoms. The molecule has 0 aliphatic carbocycles. The summed E-state index contributed by atoms with van der Waals surface area (Å²) in [5, 5.41) is 0. The molecule has 0 radical (unpaired) electrons. The third kappa shape index (κ3) is 2.96. The largest absolute Gasteiger partial charge is 0.373 e. The number of hydrogen-bond donors (Lipinski definition) is 1. The Hall–Kier alpha value is -0.980. The van der Waals surface area contributed by atoms with Gasteiger partial charge in [0.1, 0.15) is 5.82 Å². The molecule has 0 unspecified atom stereocenters. The topological polar surface area (TPSA) is 54.0 Å². The molecule has 102 valence electrons. The van der Waals surface area contributed by atoms with Crippen LogP contribution in [0.1, 0.15) is 19.7 Å². The van der Waals surface area contributed by atoms with E-state index in [4.69, 9.17) is 4.74 Å². The van der Waals surface area contributed by atoms with Crippen molar-refractivity contribution in [3.05, 3.63) is 22.6 Å². The third-order valence-corrected chi connectivity index (χ3v) is 3.66. The number of H-pyrrole nitrogens is 1. The van der Waals surface area contributed by atoms with Crippen molar-refractivity contribution in [2.45, 2.75) is 32.6 Å². The lowest BCUT2D eigenvalue weighted by molar-refractivity contribution is -0.0710. The van der Waals surface area contributed by atoms with Crippen LogP contribution in [-0.4, -0.2) is 45.1 Å². The van der Waals surface area contributed by atoms with Crippen molar-refractivity contribution in [1.29, 1.82) is 0 Å². The molecule has 5 nitrogen and oxygen atoms in total. The summed E-state index contributed by atoms with van der Waals surface area (Å²) >= 11 is 3.42. The molecule has 2 aromatic rings. The number of rotatable bonds is 2. The van der Waals surface area contributed by atoms with E-state index >= 15 is 0 Å². The first-order chi connectivity index (χ1) is 9.10. The molecule has 1 N–H and O–H groups in total. The molecular formula is C13H17BrN4O. The number of halogens is 1. The summed E-state index contributed by atoms with van der Waals surface area (Å²) < 4.78 is 6.70. The maximum absolute atomic E-state index is 5.74. The van der Waals surface area contributed by atoms with Crippen molar-refractivity contribution in [1.82, 2.24) is 19.9 Å². The van der Waals surface area contributed by atoms with Gasteiger partial charge in [0.2, 0.25) is 0 Å². The lowest BCUT2D eigenvalue weighted by Gasteiger charge is -2.34. The van der Waals surface area contributed by atoms with Gasteiger partial charge in [-0.05, 0) is 35.8 Å². The Morgan fingerprint density at radius 3 is 2.89 bits per heavy atom. The van der Waals surface area contributed by atoms with Crippen LogP contribution in [0.15, 0.2) is 16.7 Å². The van der Waals surface area contributed by atoms with Gasteiger partial charge < -0.3 is 9.72 Å². The van der Waals surface area contributed by atoms with Crippen molar-refractivity contribution < 1.29 is 4.74 Å². The molecule has 1 saturated heterocycles. The van der Waals surface area contributed by atoms with Crippen LogP contribution in [-0.2, 0) is 11.3 Å². The van der Waals surface area contributed by atoms with Crippen molar-refractivity contribution in [3.8, 4) is 0 Å². The van der Waals surface area contributed by atoms with E-state index in [9.17, 15) is 0 Å². The minimum absolute atomic E-state index is 0.278. The Balaban J connectivity index is 1.77. The summed E-state index contributed by atoms with van der Waals surface area (Å²) in [6, 6.07) is 2.00. The van der Waals surface area contributed by atoms with Crippen LogP contribution >= 0.6 is 15.9 Å². The van der Waals surface area contributed by atoms with Gasteiger partial charge in [0.25, 0.3) is 0 Å². The van der Waals surface area contributed by atoms with E-state index in [1.807, 2.05) is 6.07 Å². The maximum Gasteiger partial charge on any atom is 0.177 e. The molecule has 19 heavy (non-hydrogen) atoms. The van der Waals surface area contributed by atoms with Gasteiger partial charge in [0.05, 0.1) is 24.3 Å². The highest BCUT2D eigenvalue weighted by molar-refractivity contribution is 9.10. The highest BCUT2D eigenvalue weighted by Gasteiger charge is 2.22. The monoisotopic (exact) mass is 324 g/mol. The summed E-state index contributed by atoms with van der Waals surface area (Å²) in [5.74, 6) is 0.960. The van der Waals surface area contributed by atoms with E-state index in [2.05, 4.69) is 49.6 Å². The van der Waals surface area contributed by atoms with Gasteiger partial charge >= 0.3 is 0 Å². The standard InChI is InChI=1S/C13H17BrN4O/c1-8-5-18(6-9(2)19-8)7-12-16-11-3-10(14)4-15-13(11)17-12/h3-4,8-9H,5-7H2,1-2H3,(H,15,16,17)/t8-,9-/m0/s1. The quantitative estimate of drug-likeness (QED) is 0.921. The summed E-state index contributed by atoms with van der Waals surface area (Å²) in [6.07, 6.45) is 2.33. The van der Waals surface area contributed by atoms with Crippen LogP contribution in [0.4, 0.5) is 0 Å². The number of nitrogens with zero attached hydrogens (tertiary/aromatic N) is 3. The smallest absolute Gasteiger partial charge is 0.177 e. The average molecular weight is 325 g/mol. The molecule has 1 fully saturated rings. The molecule has 0 saturated carbocycles. The zero-order chi connectivity index (χ0) is 13.4. The van der Waals surface area contributed by atoms with Gasteiger partial charge in [-0.25, -0.2) is 9.97 Å². The highest BCUT2D eigenvalue weighted by Crippen LogP contribution is 2.17. The second-order valence-electron chi connectivity index (χ2n) is 5.16. The molecule has 2 aromatic heterocycles. The number of ether oxygens (including phenoxy) is 1. The van der Waals surface area contributed by atoms with Crippen LogP contribution < -0.4 is 0 Å². The van der Waals surface area contributed by atoms with Crippen molar-refractivity contribution >= 4 is 27.1 Å². The first-order valence-electron chi connectivity index (χ1n) is 6.48. The second kappa shape index (κ2) is 5.19. The van der Waals surface area contributed by atoms with E-state index < -0.39 is 0 Å². The molecular weight excluding hydrogens is 308 g/mol. The number of nitrogens with one attached hydrogen (secondary N) is 1. The van der Waals surface area contributed by atoms with Crippen molar-refractivity contribution in [2.75, 3.05) is 13.1 Å². The lowest BCUT2D eigenvalue weighted by atomic mass is 10.2. The van der Waals surface area contributed by atoms with E-state index in [1.165, 1.54) is 0 Å². The Morgan fingerprint density at radius 2 is 2.16 bits per heavy atom. The van der Waals surface area contributed by atoms with E-state index in [1.54, 1.807) is 6.20 Å². The minimum Gasteiger partial charge on any atom is -0.373 e. The average Bonchev–Trinajstić information content (AvgIpc) is 2.68. The van der Waals surface area contributed by atoms with Crippen LogP contribution in [0, 0.1) is 0 Å². The number of fused-ring (bicyclic) bond motifs is 1. The molecule has 2 atom stereocenters. The number of pyridine rings is 1. The summed E-state index contributed by atoms with van der Waals surface area (Å²) in [5.41, 5.74) is 1.74. The maximum atomic E-state index is 5.74. The van der Waals surface area contributed by atoms with Gasteiger partial charge in [0, 0.05) is 23.8 Å². The first-order valence-corrected chi connectivity index (χ1v) is 7.27. The van der Waals surface area contributed by atoms with E-state index in [-0.39, 0.29) is 12.2 Å². The molecule has 0 bridgehead atoms. The predicted molar refractivity (Wildman–Crippen MR) is 76.9 cm³/mol. The minimum atomic E-state index is 0.278. The normalized spacial score (nSPS) is 25.0. The summed E-state index contributed by atoms with van der Waals surface area (Å²) in [7, 11) is 0. The summed E-state index contributed by atoms with van der Waals surface area (Å²) in [6.45, 7) is 6.92. The fourth-order valence-corrected chi connectivity index (χ4v) is 2.96. The predicted octanol–water partition coefficient (Wildman–Crippen LogP) is 2.33. The Bertz CT molecular complexity index is 575. The molecule has 3 heterocycles. The van der Waals surface area contributed by atoms with Gasteiger partial charge in [-0.2, -0.15) is 0 Å². The fourth-order valence-electron chi connectivity index (χ4n) is 2.62. The zero-order valence-corrected chi connectivity index (χ0v) is 12.6. The molecule has 3 rings (SSSR count). The van der Waals surface area contributed by atoms with Crippen LogP contribution in [0.5, 0.6) is 0 Å². The number of imidazole rings is 1. The zero-order valence-electron chi connectivity index (χ0n) is 11.1. The van der Waals surface area contributed by atoms with Gasteiger partial charge in [-0.3, -0.25) is 4.90 Å². The van der Waals surface area contributed by atoms with Crippen LogP contribution in [0.2, 0.25) is 0 Å². The van der Waals surface area contributed by atoms with Gasteiger partial charge in [-0.15, -0.1) is 0 Å². The van der Waals surface area contributed by atoms with E-state index in [0.717, 1.165) is 41.1 Å². The van der Waals surface area contributed by atoms with Gasteiger partial charge in [0.15, 0.2) is 5.65 Å². The summed E-state index contributed by atoms with van der Waals surface area (Å²) in [4.78, 5) is 14.5. The SMILES string of the molecule is C[C@H]1CN(Cc2nc3ncc(Br)cc3[nH]2)C[C@H](C)O1. The molecule has 0 amide bonds. The molecule has 1 aliphatic heterocycles. The Kier molecular flexibility index (Phi) is 3.56. The second-order valence-corrected chi connectivity index (χ2v) is 6.08. The number of hydrogen-bond acceptors (Lipinski definition) is 4. The number of aromatic amines is 1. The van der Waals surface area contributed by atoms with E-state index in [0.29, 0.717) is 0 Å². The van der Waals surface area contributed by atoms with Gasteiger partial charge in [-0.1, -0.05) is 0 Å².